The molecule has 6 rings (SSSR count). The molecule has 0 saturated heterocycles. The van der Waals surface area contributed by atoms with Crippen LogP contribution in [0.3, 0.4) is 0 Å². The van der Waals surface area contributed by atoms with Gasteiger partial charge in [0.15, 0.2) is 17.3 Å². The zero-order valence-corrected chi connectivity index (χ0v) is 24.9. The number of pyridine rings is 2. The van der Waals surface area contributed by atoms with E-state index >= 15 is 0 Å². The Kier molecular flexibility index (Phi) is 6.94. The van der Waals surface area contributed by atoms with Gasteiger partial charge in [-0.3, -0.25) is 19.7 Å². The Bertz CT molecular complexity index is 1980. The maximum Gasteiger partial charge on any atom is 0.224 e. The second-order valence-electron chi connectivity index (χ2n) is 11.6. The average Bonchev–Trinajstić information content (AvgIpc) is 3.69. The minimum atomic E-state index is -0.101. The topological polar surface area (TPSA) is 129 Å². The summed E-state index contributed by atoms with van der Waals surface area (Å²) in [7, 11) is 0. The fourth-order valence-electron chi connectivity index (χ4n) is 4.96. The number of aryl methyl sites for hydroxylation is 1. The summed E-state index contributed by atoms with van der Waals surface area (Å²) >= 11 is 1.43. The summed E-state index contributed by atoms with van der Waals surface area (Å²) in [6, 6.07) is 11.9. The number of imidazole rings is 1. The number of nitrogens with one attached hydrogen (secondary N) is 3. The molecule has 3 N–H and O–H groups in total. The largest absolute Gasteiger partial charge is 0.335 e. The molecule has 0 spiro atoms. The van der Waals surface area contributed by atoms with Gasteiger partial charge < -0.3 is 10.3 Å². The number of fused-ring (bicyclic) bond motifs is 2. The quantitative estimate of drug-likeness (QED) is 0.169. The number of benzene rings is 1. The van der Waals surface area contributed by atoms with E-state index in [2.05, 4.69) is 64.2 Å². The zero-order chi connectivity index (χ0) is 29.6. The molecule has 9 nitrogen and oxygen atoms in total. The monoisotopic (exact) mass is 577 g/mol. The Hall–Kier alpha value is -4.70. The Morgan fingerprint density at radius 3 is 2.60 bits per heavy atom. The smallest absolute Gasteiger partial charge is 0.224 e. The van der Waals surface area contributed by atoms with Crippen molar-refractivity contribution in [3.05, 3.63) is 65.4 Å². The molecule has 0 unspecified atom stereocenters. The van der Waals surface area contributed by atoms with E-state index in [9.17, 15) is 9.59 Å². The van der Waals surface area contributed by atoms with Gasteiger partial charge in [-0.05, 0) is 60.2 Å². The third-order valence-corrected chi connectivity index (χ3v) is 8.19. The van der Waals surface area contributed by atoms with Crippen LogP contribution in [0.4, 0.5) is 5.69 Å². The second-order valence-corrected chi connectivity index (χ2v) is 12.7. The van der Waals surface area contributed by atoms with Crippen LogP contribution in [0, 0.1) is 5.41 Å². The van der Waals surface area contributed by atoms with Crippen LogP contribution in [0.2, 0.25) is 0 Å². The first kappa shape index (κ1) is 27.5. The maximum absolute atomic E-state index is 12.7. The number of carbonyl (C=O) groups excluding carboxylic acids is 2. The highest BCUT2D eigenvalue weighted by Gasteiger charge is 2.19. The van der Waals surface area contributed by atoms with Crippen LogP contribution in [-0.4, -0.2) is 41.8 Å². The van der Waals surface area contributed by atoms with Gasteiger partial charge in [0, 0.05) is 40.5 Å². The zero-order valence-electron chi connectivity index (χ0n) is 24.1. The number of ketones is 1. The standard InChI is InChI=1S/C32H31N7O2S/c1-6-18-9-19(11-21(10-18)35-27(41)13-32(3,4)5)20-12-22-29(38-39-30(22)34-14-20)31-36-24-16-33-15-23(28(24)37-31)26-8-7-25(42-26)17(2)40/h7-12,14-16H,6,13H2,1-5H3,(H,35,41)(H,36,37)(H,34,38,39). The maximum atomic E-state index is 12.7. The number of nitrogens with zero attached hydrogens (tertiary/aromatic N) is 4. The first-order valence-electron chi connectivity index (χ1n) is 13.8. The molecular weight excluding hydrogens is 546 g/mol. The van der Waals surface area contributed by atoms with Gasteiger partial charge in [-0.25, -0.2) is 9.97 Å². The predicted molar refractivity (Wildman–Crippen MR) is 168 cm³/mol. The molecule has 0 fully saturated rings. The SMILES string of the molecule is CCc1cc(NC(=O)CC(C)(C)C)cc(-c2cnc3n[nH]c(-c4nc5c(-c6ccc(C(C)=O)s6)cncc5[nH]4)c3c2)c1. The highest BCUT2D eigenvalue weighted by atomic mass is 32.1. The summed E-state index contributed by atoms with van der Waals surface area (Å²) in [5.41, 5.74) is 7.31. The van der Waals surface area contributed by atoms with Crippen molar-refractivity contribution in [1.82, 2.24) is 30.1 Å². The van der Waals surface area contributed by atoms with E-state index in [0.29, 0.717) is 28.5 Å². The number of aromatic amines is 2. The lowest BCUT2D eigenvalue weighted by atomic mass is 9.92. The Labute approximate surface area is 246 Å². The fourth-order valence-corrected chi connectivity index (χ4v) is 5.88. The van der Waals surface area contributed by atoms with Crippen molar-refractivity contribution >= 4 is 50.8 Å². The van der Waals surface area contributed by atoms with Crippen LogP contribution in [0.5, 0.6) is 0 Å². The molecule has 10 heteroatoms. The van der Waals surface area contributed by atoms with Crippen molar-refractivity contribution in [3.8, 4) is 33.1 Å². The lowest BCUT2D eigenvalue weighted by Crippen LogP contribution is -2.19. The lowest BCUT2D eigenvalue weighted by molar-refractivity contribution is -0.117. The van der Waals surface area contributed by atoms with Crippen molar-refractivity contribution in [2.24, 2.45) is 5.41 Å². The second kappa shape index (κ2) is 10.6. The van der Waals surface area contributed by atoms with Gasteiger partial charge in [0.1, 0.15) is 11.2 Å². The van der Waals surface area contributed by atoms with Crippen LogP contribution in [0.25, 0.3) is 55.2 Å². The molecule has 0 radical (unpaired) electrons. The van der Waals surface area contributed by atoms with E-state index in [0.717, 1.165) is 55.7 Å². The number of rotatable bonds is 7. The highest BCUT2D eigenvalue weighted by molar-refractivity contribution is 7.17. The summed E-state index contributed by atoms with van der Waals surface area (Å²) in [5, 5.41) is 11.4. The summed E-state index contributed by atoms with van der Waals surface area (Å²) < 4.78 is 0. The predicted octanol–water partition coefficient (Wildman–Crippen LogP) is 7.43. The molecule has 0 aliphatic heterocycles. The number of hydrogen-bond donors (Lipinski definition) is 3. The molecule has 0 saturated carbocycles. The molecule has 0 atom stereocenters. The van der Waals surface area contributed by atoms with Gasteiger partial charge in [-0.2, -0.15) is 5.10 Å². The number of amides is 1. The summed E-state index contributed by atoms with van der Waals surface area (Å²) in [6.45, 7) is 9.81. The molecule has 5 aromatic heterocycles. The Morgan fingerprint density at radius 2 is 1.86 bits per heavy atom. The average molecular weight is 578 g/mol. The lowest BCUT2D eigenvalue weighted by Gasteiger charge is -2.18. The van der Waals surface area contributed by atoms with E-state index in [1.54, 1.807) is 25.5 Å². The summed E-state index contributed by atoms with van der Waals surface area (Å²) in [4.78, 5) is 43.5. The van der Waals surface area contributed by atoms with Crippen LogP contribution in [-0.2, 0) is 11.2 Å². The van der Waals surface area contributed by atoms with Crippen molar-refractivity contribution in [3.63, 3.8) is 0 Å². The third-order valence-electron chi connectivity index (χ3n) is 6.97. The first-order valence-corrected chi connectivity index (χ1v) is 14.6. The molecule has 42 heavy (non-hydrogen) atoms. The molecule has 0 bridgehead atoms. The number of anilines is 1. The van der Waals surface area contributed by atoms with Gasteiger partial charge in [0.2, 0.25) is 5.91 Å². The number of hydrogen-bond acceptors (Lipinski definition) is 7. The van der Waals surface area contributed by atoms with E-state index in [1.165, 1.54) is 11.3 Å². The Balaban J connectivity index is 1.39. The van der Waals surface area contributed by atoms with Gasteiger partial charge in [-0.1, -0.05) is 33.8 Å². The molecule has 5 heterocycles. The minimum absolute atomic E-state index is 0.00814. The highest BCUT2D eigenvalue weighted by Crippen LogP contribution is 2.35. The Morgan fingerprint density at radius 1 is 1.02 bits per heavy atom. The van der Waals surface area contributed by atoms with Gasteiger partial charge >= 0.3 is 0 Å². The number of H-pyrrole nitrogens is 2. The molecule has 0 aliphatic carbocycles. The van der Waals surface area contributed by atoms with Crippen molar-refractivity contribution in [2.45, 2.75) is 47.5 Å². The van der Waals surface area contributed by atoms with Crippen LogP contribution in [0.1, 0.15) is 56.3 Å². The van der Waals surface area contributed by atoms with Gasteiger partial charge in [0.05, 0.1) is 22.0 Å². The van der Waals surface area contributed by atoms with E-state index in [-0.39, 0.29) is 17.1 Å². The molecule has 6 aromatic rings. The number of Topliss-reactive ketones (excluding diaryl/α,β-unsaturated/α-hetero) is 1. The van der Waals surface area contributed by atoms with Gasteiger partial charge in [-0.15, -0.1) is 11.3 Å². The fraction of sp³-hybridized carbons (Fsp3) is 0.250. The molecule has 0 aliphatic rings. The molecule has 212 valence electrons. The molecular formula is C32H31N7O2S. The van der Waals surface area contributed by atoms with Crippen LogP contribution >= 0.6 is 11.3 Å². The van der Waals surface area contributed by atoms with E-state index in [4.69, 9.17) is 4.98 Å². The summed E-state index contributed by atoms with van der Waals surface area (Å²) in [5.74, 6) is 0.637. The minimum Gasteiger partial charge on any atom is -0.335 e. The third kappa shape index (κ3) is 5.45. The van der Waals surface area contributed by atoms with E-state index in [1.807, 2.05) is 30.3 Å². The normalized spacial score (nSPS) is 11.8. The van der Waals surface area contributed by atoms with Gasteiger partial charge in [0.25, 0.3) is 0 Å². The number of aromatic nitrogens is 6. The first-order chi connectivity index (χ1) is 20.1. The number of thiophene rings is 1. The summed E-state index contributed by atoms with van der Waals surface area (Å²) in [6.07, 6.45) is 6.57. The van der Waals surface area contributed by atoms with Crippen LogP contribution in [0.15, 0.2) is 55.0 Å². The number of carbonyl (C=O) groups is 2. The van der Waals surface area contributed by atoms with Crippen molar-refractivity contribution < 1.29 is 9.59 Å². The molecule has 1 aromatic carbocycles. The van der Waals surface area contributed by atoms with Crippen LogP contribution < -0.4 is 5.32 Å². The molecule has 1 amide bonds. The van der Waals surface area contributed by atoms with Crippen molar-refractivity contribution in [2.75, 3.05) is 5.32 Å². The van der Waals surface area contributed by atoms with Crippen molar-refractivity contribution in [1.29, 1.82) is 0 Å². The van der Waals surface area contributed by atoms with E-state index < -0.39 is 0 Å².